The van der Waals surface area contributed by atoms with Gasteiger partial charge in [0.1, 0.15) is 0 Å². The first-order valence-electron chi connectivity index (χ1n) is 5.76. The van der Waals surface area contributed by atoms with E-state index in [2.05, 4.69) is 5.32 Å². The van der Waals surface area contributed by atoms with Crippen molar-refractivity contribution < 1.29 is 8.42 Å². The number of hydrogen-bond acceptors (Lipinski definition) is 3. The van der Waals surface area contributed by atoms with Gasteiger partial charge in [-0.05, 0) is 38.1 Å². The molecule has 5 heteroatoms. The van der Waals surface area contributed by atoms with Gasteiger partial charge in [0.25, 0.3) is 0 Å². The maximum absolute atomic E-state index is 12.1. The van der Waals surface area contributed by atoms with Crippen LogP contribution in [-0.4, -0.2) is 44.7 Å². The first kappa shape index (κ1) is 11.4. The maximum Gasteiger partial charge on any atom is 0.217 e. The fourth-order valence-electron chi connectivity index (χ4n) is 2.10. The fraction of sp³-hybridized carbons (Fsp3) is 1.00. The molecule has 0 bridgehead atoms. The second-order valence-electron chi connectivity index (χ2n) is 4.74. The molecule has 0 amide bonds. The molecule has 0 aromatic rings. The summed E-state index contributed by atoms with van der Waals surface area (Å²) in [7, 11) is -1.32. The van der Waals surface area contributed by atoms with Crippen LogP contribution in [0, 0.1) is 5.92 Å². The lowest BCUT2D eigenvalue weighted by Crippen LogP contribution is -2.45. The summed E-state index contributed by atoms with van der Waals surface area (Å²) in [5.41, 5.74) is 0. The molecule has 1 saturated heterocycles. The summed E-state index contributed by atoms with van der Waals surface area (Å²) in [6.45, 7) is 2.30. The number of nitrogens with one attached hydrogen (secondary N) is 1. The quantitative estimate of drug-likeness (QED) is 0.764. The second-order valence-corrected chi connectivity index (χ2v) is 7.06. The van der Waals surface area contributed by atoms with Crippen LogP contribution in [0.25, 0.3) is 0 Å². The molecule has 0 radical (unpaired) electrons. The van der Waals surface area contributed by atoms with Gasteiger partial charge in [0, 0.05) is 20.1 Å². The largest absolute Gasteiger partial charge is 0.315 e. The van der Waals surface area contributed by atoms with Crippen LogP contribution >= 0.6 is 0 Å². The van der Waals surface area contributed by atoms with E-state index in [1.807, 2.05) is 0 Å². The zero-order valence-electron chi connectivity index (χ0n) is 9.28. The minimum Gasteiger partial charge on any atom is -0.315 e. The summed E-state index contributed by atoms with van der Waals surface area (Å²) in [6, 6.07) is 0. The average molecular weight is 232 g/mol. The summed E-state index contributed by atoms with van der Waals surface area (Å²) < 4.78 is 25.8. The van der Waals surface area contributed by atoms with Gasteiger partial charge < -0.3 is 5.32 Å². The maximum atomic E-state index is 12.1. The Morgan fingerprint density at radius 3 is 2.60 bits per heavy atom. The molecule has 1 aliphatic heterocycles. The van der Waals surface area contributed by atoms with E-state index >= 15 is 0 Å². The molecule has 1 atom stereocenters. The molecule has 2 fully saturated rings. The van der Waals surface area contributed by atoms with Gasteiger partial charge in [-0.15, -0.1) is 0 Å². The standard InChI is InChI=1S/C10H20N2O2S/c1-12(8-9-4-5-9)15(13,14)10-3-2-6-11-7-10/h9-11H,2-8H2,1H3. The monoisotopic (exact) mass is 232 g/mol. The van der Waals surface area contributed by atoms with Crippen LogP contribution in [0.1, 0.15) is 25.7 Å². The van der Waals surface area contributed by atoms with E-state index in [-0.39, 0.29) is 5.25 Å². The molecular formula is C10H20N2O2S. The molecule has 1 heterocycles. The molecule has 2 rings (SSSR count). The molecule has 88 valence electrons. The molecular weight excluding hydrogens is 212 g/mol. The third kappa shape index (κ3) is 2.71. The molecule has 0 aromatic carbocycles. The SMILES string of the molecule is CN(CC1CC1)S(=O)(=O)C1CCCNC1. The van der Waals surface area contributed by atoms with Crippen molar-refractivity contribution >= 4 is 10.0 Å². The van der Waals surface area contributed by atoms with Gasteiger partial charge in [0.15, 0.2) is 0 Å². The van der Waals surface area contributed by atoms with Crippen molar-refractivity contribution in [1.29, 1.82) is 0 Å². The van der Waals surface area contributed by atoms with Crippen LogP contribution in [0.2, 0.25) is 0 Å². The molecule has 4 nitrogen and oxygen atoms in total. The van der Waals surface area contributed by atoms with Gasteiger partial charge in [0.2, 0.25) is 10.0 Å². The predicted molar refractivity (Wildman–Crippen MR) is 60.2 cm³/mol. The summed E-state index contributed by atoms with van der Waals surface area (Å²) in [5, 5.41) is 2.96. The van der Waals surface area contributed by atoms with E-state index in [0.717, 1.165) is 25.9 Å². The van der Waals surface area contributed by atoms with Crippen LogP contribution in [0.5, 0.6) is 0 Å². The Hall–Kier alpha value is -0.130. The normalized spacial score (nSPS) is 28.3. The minimum atomic E-state index is -3.05. The average Bonchev–Trinajstić information content (AvgIpc) is 3.03. The van der Waals surface area contributed by atoms with Gasteiger partial charge in [0.05, 0.1) is 5.25 Å². The number of piperidine rings is 1. The lowest BCUT2D eigenvalue weighted by molar-refractivity contribution is 0.421. The van der Waals surface area contributed by atoms with Crippen molar-refractivity contribution in [3.8, 4) is 0 Å². The van der Waals surface area contributed by atoms with Crippen molar-refractivity contribution in [2.75, 3.05) is 26.7 Å². The summed E-state index contributed by atoms with van der Waals surface area (Å²) in [6.07, 6.45) is 4.18. The molecule has 0 spiro atoms. The van der Waals surface area contributed by atoms with Crippen molar-refractivity contribution in [1.82, 2.24) is 9.62 Å². The Kier molecular flexibility index (Phi) is 3.33. The van der Waals surface area contributed by atoms with Crippen molar-refractivity contribution in [3.63, 3.8) is 0 Å². The molecule has 2 aliphatic rings. The van der Waals surface area contributed by atoms with E-state index < -0.39 is 10.0 Å². The Morgan fingerprint density at radius 2 is 2.07 bits per heavy atom. The van der Waals surface area contributed by atoms with Crippen LogP contribution in [0.15, 0.2) is 0 Å². The Morgan fingerprint density at radius 1 is 1.33 bits per heavy atom. The van der Waals surface area contributed by atoms with Gasteiger partial charge in [-0.2, -0.15) is 0 Å². The van der Waals surface area contributed by atoms with E-state index in [0.29, 0.717) is 12.5 Å². The molecule has 15 heavy (non-hydrogen) atoms. The van der Waals surface area contributed by atoms with Crippen LogP contribution in [0.3, 0.4) is 0 Å². The van der Waals surface area contributed by atoms with Crippen molar-refractivity contribution in [2.45, 2.75) is 30.9 Å². The smallest absolute Gasteiger partial charge is 0.217 e. The van der Waals surface area contributed by atoms with E-state index in [1.165, 1.54) is 12.8 Å². The van der Waals surface area contributed by atoms with E-state index in [9.17, 15) is 8.42 Å². The topological polar surface area (TPSA) is 49.4 Å². The zero-order chi connectivity index (χ0) is 10.9. The lowest BCUT2D eigenvalue weighted by atomic mass is 10.2. The highest BCUT2D eigenvalue weighted by atomic mass is 32.2. The summed E-state index contributed by atoms with van der Waals surface area (Å²) >= 11 is 0. The third-order valence-electron chi connectivity index (χ3n) is 3.32. The first-order valence-corrected chi connectivity index (χ1v) is 7.27. The predicted octanol–water partition coefficient (Wildman–Crippen LogP) is 0.410. The highest BCUT2D eigenvalue weighted by Gasteiger charge is 2.34. The third-order valence-corrected chi connectivity index (χ3v) is 5.58. The lowest BCUT2D eigenvalue weighted by Gasteiger charge is -2.27. The van der Waals surface area contributed by atoms with Gasteiger partial charge in [-0.3, -0.25) is 0 Å². The number of nitrogens with zero attached hydrogens (tertiary/aromatic N) is 1. The van der Waals surface area contributed by atoms with Crippen molar-refractivity contribution in [2.24, 2.45) is 5.92 Å². The summed E-state index contributed by atoms with van der Waals surface area (Å²) in [5.74, 6) is 0.626. The van der Waals surface area contributed by atoms with Gasteiger partial charge in [-0.25, -0.2) is 12.7 Å². The van der Waals surface area contributed by atoms with E-state index in [1.54, 1.807) is 11.4 Å². The molecule has 1 saturated carbocycles. The molecule has 1 unspecified atom stereocenters. The fourth-order valence-corrected chi connectivity index (χ4v) is 3.82. The highest BCUT2D eigenvalue weighted by Crippen LogP contribution is 2.30. The van der Waals surface area contributed by atoms with Crippen LogP contribution in [-0.2, 0) is 10.0 Å². The van der Waals surface area contributed by atoms with Crippen molar-refractivity contribution in [3.05, 3.63) is 0 Å². The molecule has 1 aliphatic carbocycles. The van der Waals surface area contributed by atoms with Gasteiger partial charge in [-0.1, -0.05) is 0 Å². The molecule has 1 N–H and O–H groups in total. The van der Waals surface area contributed by atoms with Crippen LogP contribution in [0.4, 0.5) is 0 Å². The second kappa shape index (κ2) is 4.39. The Labute approximate surface area is 92.1 Å². The first-order chi connectivity index (χ1) is 7.10. The van der Waals surface area contributed by atoms with E-state index in [4.69, 9.17) is 0 Å². The zero-order valence-corrected chi connectivity index (χ0v) is 10.1. The minimum absolute atomic E-state index is 0.199. The van der Waals surface area contributed by atoms with Crippen LogP contribution < -0.4 is 5.32 Å². The highest BCUT2D eigenvalue weighted by molar-refractivity contribution is 7.89. The summed E-state index contributed by atoms with van der Waals surface area (Å²) in [4.78, 5) is 0. The molecule has 0 aromatic heterocycles. The van der Waals surface area contributed by atoms with Gasteiger partial charge >= 0.3 is 0 Å². The Bertz CT molecular complexity index is 305. The Balaban J connectivity index is 1.96. The number of sulfonamides is 1. The number of rotatable bonds is 4. The number of hydrogen-bond donors (Lipinski definition) is 1.